The standard InChI is InChI=1S/C27H34O7/c28-14-10-8-6-4-2-1-3-5-7-9-11-18-15-20-24(17-22(18)30)34-27(26(33)25(20)32)19-12-13-21(29)23(31)16-19/h12-13,15-17,28-31,33H,1-11,14H2. The lowest BCUT2D eigenvalue weighted by atomic mass is 10.0. The summed E-state index contributed by atoms with van der Waals surface area (Å²) < 4.78 is 5.69. The number of aryl methyl sites for hydroxylation is 1. The highest BCUT2D eigenvalue weighted by Gasteiger charge is 2.18. The van der Waals surface area contributed by atoms with Gasteiger partial charge in [0.05, 0.1) is 5.39 Å². The number of rotatable bonds is 13. The Morgan fingerprint density at radius 3 is 1.91 bits per heavy atom. The molecule has 0 spiro atoms. The number of phenolic OH excluding ortho intramolecular Hbond substituents is 3. The topological polar surface area (TPSA) is 131 Å². The minimum absolute atomic E-state index is 0.0312. The van der Waals surface area contributed by atoms with Crippen LogP contribution in [0.3, 0.4) is 0 Å². The molecule has 1 heterocycles. The van der Waals surface area contributed by atoms with Gasteiger partial charge in [0.15, 0.2) is 17.3 Å². The number of aromatic hydroxyl groups is 4. The zero-order valence-corrected chi connectivity index (χ0v) is 19.4. The van der Waals surface area contributed by atoms with Gasteiger partial charge in [-0.3, -0.25) is 4.79 Å². The molecule has 3 aromatic rings. The van der Waals surface area contributed by atoms with E-state index in [9.17, 15) is 25.2 Å². The van der Waals surface area contributed by atoms with Gasteiger partial charge in [-0.05, 0) is 49.1 Å². The molecule has 0 unspecified atom stereocenters. The number of fused-ring (bicyclic) bond motifs is 1. The molecule has 0 amide bonds. The summed E-state index contributed by atoms with van der Waals surface area (Å²) in [6.45, 7) is 0.283. The van der Waals surface area contributed by atoms with Crippen LogP contribution in [-0.4, -0.2) is 32.1 Å². The number of unbranched alkanes of at least 4 members (excludes halogenated alkanes) is 9. The van der Waals surface area contributed by atoms with E-state index in [1.165, 1.54) is 56.4 Å². The van der Waals surface area contributed by atoms with Gasteiger partial charge in [0.2, 0.25) is 11.2 Å². The Labute approximate surface area is 198 Å². The molecule has 0 aliphatic rings. The van der Waals surface area contributed by atoms with Crippen molar-refractivity contribution in [2.45, 2.75) is 70.6 Å². The summed E-state index contributed by atoms with van der Waals surface area (Å²) >= 11 is 0. The van der Waals surface area contributed by atoms with Gasteiger partial charge in [-0.25, -0.2) is 0 Å². The fourth-order valence-corrected chi connectivity index (χ4v) is 4.17. The zero-order valence-electron chi connectivity index (χ0n) is 19.4. The molecule has 0 saturated heterocycles. The first-order chi connectivity index (χ1) is 16.4. The van der Waals surface area contributed by atoms with Crippen molar-refractivity contribution in [3.63, 3.8) is 0 Å². The molecule has 3 rings (SSSR count). The third-order valence-electron chi connectivity index (χ3n) is 6.16. The lowest BCUT2D eigenvalue weighted by Crippen LogP contribution is -2.03. The molecule has 0 aliphatic carbocycles. The minimum atomic E-state index is -0.621. The zero-order chi connectivity index (χ0) is 24.5. The molecule has 0 radical (unpaired) electrons. The Kier molecular flexibility index (Phi) is 9.22. The molecule has 0 aliphatic heterocycles. The number of phenols is 3. The summed E-state index contributed by atoms with van der Waals surface area (Å²) in [6, 6.07) is 6.77. The largest absolute Gasteiger partial charge is 0.508 e. The Bertz CT molecular complexity index is 1150. The summed E-state index contributed by atoms with van der Waals surface area (Å²) in [5.41, 5.74) is 0.369. The number of aliphatic hydroxyl groups is 1. The average molecular weight is 471 g/mol. The van der Waals surface area contributed by atoms with Crippen molar-refractivity contribution >= 4 is 11.0 Å². The number of hydrogen-bond donors (Lipinski definition) is 5. The van der Waals surface area contributed by atoms with Crippen LogP contribution in [-0.2, 0) is 6.42 Å². The van der Waals surface area contributed by atoms with E-state index in [4.69, 9.17) is 9.52 Å². The third kappa shape index (κ3) is 6.44. The van der Waals surface area contributed by atoms with Crippen molar-refractivity contribution < 1.29 is 29.9 Å². The van der Waals surface area contributed by atoms with E-state index in [1.54, 1.807) is 6.07 Å². The van der Waals surface area contributed by atoms with E-state index in [1.807, 2.05) is 0 Å². The average Bonchev–Trinajstić information content (AvgIpc) is 2.82. The molecule has 7 heteroatoms. The van der Waals surface area contributed by atoms with E-state index >= 15 is 0 Å². The van der Waals surface area contributed by atoms with Crippen LogP contribution in [0.15, 0.2) is 39.5 Å². The van der Waals surface area contributed by atoms with E-state index in [2.05, 4.69) is 0 Å². The molecule has 7 nitrogen and oxygen atoms in total. The summed E-state index contributed by atoms with van der Waals surface area (Å²) in [5.74, 6) is -1.44. The maximum Gasteiger partial charge on any atom is 0.235 e. The minimum Gasteiger partial charge on any atom is -0.508 e. The number of benzene rings is 2. The van der Waals surface area contributed by atoms with Gasteiger partial charge in [-0.15, -0.1) is 0 Å². The van der Waals surface area contributed by atoms with Gasteiger partial charge >= 0.3 is 0 Å². The molecule has 0 atom stereocenters. The monoisotopic (exact) mass is 470 g/mol. The molecule has 0 saturated carbocycles. The number of hydrogen-bond acceptors (Lipinski definition) is 7. The van der Waals surface area contributed by atoms with Crippen molar-refractivity contribution in [1.29, 1.82) is 0 Å². The maximum absolute atomic E-state index is 12.8. The molecular formula is C27H34O7. The van der Waals surface area contributed by atoms with Crippen molar-refractivity contribution in [3.8, 4) is 34.3 Å². The second kappa shape index (κ2) is 12.3. The number of aliphatic hydroxyl groups excluding tert-OH is 1. The molecule has 184 valence electrons. The highest BCUT2D eigenvalue weighted by atomic mass is 16.4. The Morgan fingerprint density at radius 1 is 0.676 bits per heavy atom. The first-order valence-electron chi connectivity index (χ1n) is 12.1. The highest BCUT2D eigenvalue weighted by molar-refractivity contribution is 5.84. The molecule has 0 bridgehead atoms. The van der Waals surface area contributed by atoms with Crippen LogP contribution in [0.25, 0.3) is 22.3 Å². The van der Waals surface area contributed by atoms with Crippen molar-refractivity contribution in [3.05, 3.63) is 46.1 Å². The van der Waals surface area contributed by atoms with E-state index in [0.29, 0.717) is 12.0 Å². The van der Waals surface area contributed by atoms with Gasteiger partial charge < -0.3 is 29.9 Å². The molecule has 5 N–H and O–H groups in total. The van der Waals surface area contributed by atoms with Gasteiger partial charge in [-0.1, -0.05) is 51.4 Å². The molecule has 2 aromatic carbocycles. The lowest BCUT2D eigenvalue weighted by Gasteiger charge is -2.10. The summed E-state index contributed by atoms with van der Waals surface area (Å²) in [5, 5.41) is 49.0. The van der Waals surface area contributed by atoms with Crippen LogP contribution in [0.4, 0.5) is 0 Å². The van der Waals surface area contributed by atoms with Crippen LogP contribution in [0, 0.1) is 0 Å². The molecule has 0 fully saturated rings. The predicted octanol–water partition coefficient (Wildman–Crippen LogP) is 5.72. The smallest absolute Gasteiger partial charge is 0.235 e. The maximum atomic E-state index is 12.8. The lowest BCUT2D eigenvalue weighted by molar-refractivity contribution is 0.282. The highest BCUT2D eigenvalue weighted by Crippen LogP contribution is 2.36. The SMILES string of the molecule is O=c1c(O)c(-c2ccc(O)c(O)c2)oc2cc(O)c(CCCCCCCCCCCCO)cc12. The molecule has 34 heavy (non-hydrogen) atoms. The molecule has 1 aromatic heterocycles. The molecular weight excluding hydrogens is 436 g/mol. The van der Waals surface area contributed by atoms with Crippen molar-refractivity contribution in [2.24, 2.45) is 0 Å². The summed E-state index contributed by atoms with van der Waals surface area (Å²) in [4.78, 5) is 12.8. The van der Waals surface area contributed by atoms with Crippen molar-refractivity contribution in [1.82, 2.24) is 0 Å². The van der Waals surface area contributed by atoms with Crippen LogP contribution in [0.1, 0.15) is 69.8 Å². The Morgan fingerprint density at radius 2 is 1.29 bits per heavy atom. The first kappa shape index (κ1) is 25.4. The van der Waals surface area contributed by atoms with E-state index < -0.39 is 16.9 Å². The third-order valence-corrected chi connectivity index (χ3v) is 6.16. The normalized spacial score (nSPS) is 11.3. The fourth-order valence-electron chi connectivity index (χ4n) is 4.17. The van der Waals surface area contributed by atoms with Gasteiger partial charge in [0.25, 0.3) is 0 Å². The van der Waals surface area contributed by atoms with E-state index in [0.717, 1.165) is 32.1 Å². The fraction of sp³-hybridized carbons (Fsp3) is 0.444. The quantitative estimate of drug-likeness (QED) is 0.159. The van der Waals surface area contributed by atoms with E-state index in [-0.39, 0.29) is 40.4 Å². The second-order valence-electron chi connectivity index (χ2n) is 8.80. The van der Waals surface area contributed by atoms with Crippen LogP contribution >= 0.6 is 0 Å². The first-order valence-corrected chi connectivity index (χ1v) is 12.1. The Hall–Kier alpha value is -3.19. The van der Waals surface area contributed by atoms with Crippen LogP contribution in [0.2, 0.25) is 0 Å². The summed E-state index contributed by atoms with van der Waals surface area (Å²) in [7, 11) is 0. The Balaban J connectivity index is 1.59. The van der Waals surface area contributed by atoms with Gasteiger partial charge in [-0.2, -0.15) is 0 Å². The van der Waals surface area contributed by atoms with Crippen molar-refractivity contribution in [2.75, 3.05) is 6.61 Å². The second-order valence-corrected chi connectivity index (χ2v) is 8.80. The van der Waals surface area contributed by atoms with Crippen LogP contribution in [0.5, 0.6) is 23.0 Å². The predicted molar refractivity (Wildman–Crippen MR) is 132 cm³/mol. The van der Waals surface area contributed by atoms with Crippen LogP contribution < -0.4 is 5.43 Å². The van der Waals surface area contributed by atoms with Gasteiger partial charge in [0.1, 0.15) is 11.3 Å². The van der Waals surface area contributed by atoms with Gasteiger partial charge in [0, 0.05) is 18.2 Å². The summed E-state index contributed by atoms with van der Waals surface area (Å²) in [6.07, 6.45) is 11.7.